The summed E-state index contributed by atoms with van der Waals surface area (Å²) in [7, 11) is 0. The number of hydrogen-bond acceptors (Lipinski definition) is 1. The zero-order chi connectivity index (χ0) is 35.3. The van der Waals surface area contributed by atoms with Gasteiger partial charge >= 0.3 is 0 Å². The molecule has 2 heteroatoms. The summed E-state index contributed by atoms with van der Waals surface area (Å²) in [5.41, 5.74) is 10.6. The van der Waals surface area contributed by atoms with Gasteiger partial charge in [-0.1, -0.05) is 163 Å². The first kappa shape index (κ1) is 34.7. The maximum atomic E-state index is 3.92. The predicted octanol–water partition coefficient (Wildman–Crippen LogP) is 16.0. The number of aromatic amines is 1. The van der Waals surface area contributed by atoms with Crippen molar-refractivity contribution in [1.29, 1.82) is 0 Å². The fourth-order valence-electron chi connectivity index (χ4n) is 8.49. The van der Waals surface area contributed by atoms with Crippen LogP contribution in [0.2, 0.25) is 0 Å². The van der Waals surface area contributed by atoms with Crippen LogP contribution in [0.3, 0.4) is 0 Å². The standard InChI is InChI=1S/C50H53NS/c1-3-5-7-9-11-13-19-35-25-29-37(30-26-35)41-34-44-43(49-47(41)39-21-15-17-23-45(39)51-49)33-42(48-40-22-16-18-24-46(40)52-50(44)48)38-31-27-36(28-32-38)20-14-12-10-8-6-4-2/h15-18,21-34,51H,3-14,19-20H2,1-2H3. The maximum absolute atomic E-state index is 3.92. The number of nitrogens with one attached hydrogen (secondary N) is 1. The van der Waals surface area contributed by atoms with E-state index in [1.165, 1.54) is 170 Å². The van der Waals surface area contributed by atoms with Gasteiger partial charge in [0.15, 0.2) is 0 Å². The number of benzene rings is 6. The lowest BCUT2D eigenvalue weighted by Crippen LogP contribution is -1.90. The molecule has 0 unspecified atom stereocenters. The fraction of sp³-hybridized carbons (Fsp3) is 0.320. The summed E-state index contributed by atoms with van der Waals surface area (Å²) in [5, 5.41) is 8.00. The molecule has 0 fully saturated rings. The Morgan fingerprint density at radius 2 is 0.981 bits per heavy atom. The Kier molecular flexibility index (Phi) is 10.7. The van der Waals surface area contributed by atoms with E-state index in [-0.39, 0.29) is 0 Å². The Labute approximate surface area is 314 Å². The van der Waals surface area contributed by atoms with Gasteiger partial charge in [-0.05, 0) is 83.3 Å². The van der Waals surface area contributed by atoms with E-state index in [0.717, 1.165) is 6.42 Å². The number of unbranched alkanes of at least 4 members (excludes halogenated alkanes) is 10. The summed E-state index contributed by atoms with van der Waals surface area (Å²) in [6, 6.07) is 41.9. The van der Waals surface area contributed by atoms with Gasteiger partial charge in [0, 0.05) is 47.2 Å². The Morgan fingerprint density at radius 1 is 0.462 bits per heavy atom. The molecule has 0 saturated carbocycles. The molecule has 0 aliphatic rings. The van der Waals surface area contributed by atoms with Crippen LogP contribution in [0.4, 0.5) is 0 Å². The second-order valence-electron chi connectivity index (χ2n) is 15.1. The smallest absolute Gasteiger partial charge is 0.0551 e. The number of aromatic nitrogens is 1. The first-order chi connectivity index (χ1) is 25.7. The molecule has 1 N–H and O–H groups in total. The molecule has 0 amide bonds. The van der Waals surface area contributed by atoms with Crippen LogP contribution < -0.4 is 0 Å². The Morgan fingerprint density at radius 3 is 1.62 bits per heavy atom. The molecule has 0 atom stereocenters. The normalized spacial score (nSPS) is 12.0. The van der Waals surface area contributed by atoms with Crippen molar-refractivity contribution in [2.75, 3.05) is 0 Å². The molecule has 52 heavy (non-hydrogen) atoms. The maximum Gasteiger partial charge on any atom is 0.0551 e. The van der Waals surface area contributed by atoms with Crippen molar-refractivity contribution in [3.05, 3.63) is 120 Å². The van der Waals surface area contributed by atoms with E-state index < -0.39 is 0 Å². The Bertz CT molecular complexity index is 2250. The van der Waals surface area contributed by atoms with Crippen molar-refractivity contribution in [1.82, 2.24) is 4.98 Å². The van der Waals surface area contributed by atoms with E-state index in [9.17, 15) is 0 Å². The van der Waals surface area contributed by atoms with Crippen molar-refractivity contribution in [3.8, 4) is 22.3 Å². The van der Waals surface area contributed by atoms with E-state index in [1.807, 2.05) is 11.3 Å². The zero-order valence-corrected chi connectivity index (χ0v) is 32.0. The van der Waals surface area contributed by atoms with Crippen LogP contribution in [0.1, 0.15) is 102 Å². The van der Waals surface area contributed by atoms with Crippen molar-refractivity contribution >= 4 is 64.1 Å². The minimum Gasteiger partial charge on any atom is -0.354 e. The summed E-state index contributed by atoms with van der Waals surface area (Å²) in [6.07, 6.45) is 18.4. The predicted molar refractivity (Wildman–Crippen MR) is 231 cm³/mol. The number of fused-ring (bicyclic) bond motifs is 9. The third-order valence-corrected chi connectivity index (χ3v) is 12.6. The van der Waals surface area contributed by atoms with Crippen LogP contribution in [0.5, 0.6) is 0 Å². The van der Waals surface area contributed by atoms with Crippen LogP contribution >= 0.6 is 11.3 Å². The van der Waals surface area contributed by atoms with Gasteiger partial charge < -0.3 is 4.98 Å². The molecule has 0 bridgehead atoms. The number of para-hydroxylation sites is 1. The average Bonchev–Trinajstić information content (AvgIpc) is 3.78. The fourth-order valence-corrected chi connectivity index (χ4v) is 9.73. The molecule has 1 nitrogen and oxygen atoms in total. The summed E-state index contributed by atoms with van der Waals surface area (Å²) in [4.78, 5) is 3.92. The van der Waals surface area contributed by atoms with Gasteiger partial charge in [-0.15, -0.1) is 11.3 Å². The molecule has 8 aromatic rings. The van der Waals surface area contributed by atoms with Gasteiger partial charge in [-0.2, -0.15) is 0 Å². The molecule has 2 aromatic heterocycles. The monoisotopic (exact) mass is 699 g/mol. The largest absolute Gasteiger partial charge is 0.354 e. The first-order valence-electron chi connectivity index (χ1n) is 20.2. The minimum atomic E-state index is 1.16. The van der Waals surface area contributed by atoms with Crippen molar-refractivity contribution in [3.63, 3.8) is 0 Å². The third kappa shape index (κ3) is 7.03. The van der Waals surface area contributed by atoms with Crippen molar-refractivity contribution in [2.45, 2.75) is 104 Å². The van der Waals surface area contributed by atoms with Gasteiger partial charge in [0.05, 0.1) is 5.52 Å². The van der Waals surface area contributed by atoms with E-state index in [2.05, 4.69) is 128 Å². The summed E-state index contributed by atoms with van der Waals surface area (Å²) >= 11 is 1.95. The molecule has 0 aliphatic carbocycles. The van der Waals surface area contributed by atoms with Crippen LogP contribution in [0, 0.1) is 0 Å². The topological polar surface area (TPSA) is 15.8 Å². The lowest BCUT2D eigenvalue weighted by atomic mass is 9.90. The lowest BCUT2D eigenvalue weighted by molar-refractivity contribution is 0.607. The average molecular weight is 700 g/mol. The quantitative estimate of drug-likeness (QED) is 0.0967. The van der Waals surface area contributed by atoms with Crippen molar-refractivity contribution < 1.29 is 0 Å². The summed E-state index contributed by atoms with van der Waals surface area (Å²) in [6.45, 7) is 4.58. The van der Waals surface area contributed by atoms with Gasteiger partial charge in [-0.25, -0.2) is 0 Å². The molecular formula is C50H53NS. The highest BCUT2D eigenvalue weighted by molar-refractivity contribution is 7.26. The molecule has 0 aliphatic heterocycles. The van der Waals surface area contributed by atoms with E-state index >= 15 is 0 Å². The highest BCUT2D eigenvalue weighted by Gasteiger charge is 2.20. The minimum absolute atomic E-state index is 1.16. The number of aryl methyl sites for hydroxylation is 2. The van der Waals surface area contributed by atoms with E-state index in [1.54, 1.807) is 0 Å². The molecule has 0 saturated heterocycles. The zero-order valence-electron chi connectivity index (χ0n) is 31.2. The third-order valence-electron chi connectivity index (χ3n) is 11.4. The van der Waals surface area contributed by atoms with Crippen LogP contribution in [-0.4, -0.2) is 4.98 Å². The van der Waals surface area contributed by atoms with Crippen LogP contribution in [0.25, 0.3) is 75.0 Å². The molecule has 2 heterocycles. The van der Waals surface area contributed by atoms with E-state index in [4.69, 9.17) is 0 Å². The van der Waals surface area contributed by atoms with Crippen molar-refractivity contribution in [2.24, 2.45) is 0 Å². The summed E-state index contributed by atoms with van der Waals surface area (Å²) < 4.78 is 2.73. The highest BCUT2D eigenvalue weighted by atomic mass is 32.1. The molecule has 0 spiro atoms. The second-order valence-corrected chi connectivity index (χ2v) is 16.1. The highest BCUT2D eigenvalue weighted by Crippen LogP contribution is 2.48. The van der Waals surface area contributed by atoms with Gasteiger partial charge in [0.25, 0.3) is 0 Å². The van der Waals surface area contributed by atoms with E-state index in [0.29, 0.717) is 0 Å². The van der Waals surface area contributed by atoms with Crippen LogP contribution in [0.15, 0.2) is 109 Å². The van der Waals surface area contributed by atoms with Gasteiger partial charge in [0.2, 0.25) is 0 Å². The molecule has 0 radical (unpaired) electrons. The lowest BCUT2D eigenvalue weighted by Gasteiger charge is -2.14. The number of H-pyrrole nitrogens is 1. The second kappa shape index (κ2) is 16.1. The molecule has 6 aromatic carbocycles. The molecule has 8 rings (SSSR count). The number of thiophene rings is 1. The van der Waals surface area contributed by atoms with Gasteiger partial charge in [0.1, 0.15) is 0 Å². The van der Waals surface area contributed by atoms with Gasteiger partial charge in [-0.3, -0.25) is 0 Å². The number of rotatable bonds is 16. The Hall–Kier alpha value is -4.40. The first-order valence-corrected chi connectivity index (χ1v) is 21.0. The number of hydrogen-bond donors (Lipinski definition) is 1. The summed E-state index contributed by atoms with van der Waals surface area (Å²) in [5.74, 6) is 0. The van der Waals surface area contributed by atoms with Crippen LogP contribution in [-0.2, 0) is 12.8 Å². The molecule has 264 valence electrons. The Balaban J connectivity index is 1.23. The molecular weight excluding hydrogens is 647 g/mol. The SMILES string of the molecule is CCCCCCCCc1ccc(-c2cc3c(cc(-c4ccc(CCCCCCCC)cc4)c4c5ccccc5sc34)c3[nH]c4ccccc4c23)cc1.